The normalized spacial score (nSPS) is 10.3. The Balaban J connectivity index is 2.73. The number of ketones is 1. The van der Waals surface area contributed by atoms with Crippen molar-refractivity contribution in [2.75, 3.05) is 0 Å². The van der Waals surface area contributed by atoms with Crippen LogP contribution in [0.3, 0.4) is 0 Å². The van der Waals surface area contributed by atoms with Gasteiger partial charge in [0.05, 0.1) is 0 Å². The van der Waals surface area contributed by atoms with Gasteiger partial charge in [-0.15, -0.1) is 0 Å². The lowest BCUT2D eigenvalue weighted by Gasteiger charge is -1.97. The van der Waals surface area contributed by atoms with Crippen LogP contribution >= 0.6 is 0 Å². The van der Waals surface area contributed by atoms with Crippen LogP contribution in [0.1, 0.15) is 20.3 Å². The Hall–Kier alpha value is -1.32. The molecule has 0 aliphatic heterocycles. The molecule has 0 aliphatic carbocycles. The SMILES string of the molecule is CCn1ccn(CCC(C)=O)c1=O. The van der Waals surface area contributed by atoms with Crippen LogP contribution in [0.5, 0.6) is 0 Å². The van der Waals surface area contributed by atoms with E-state index in [0.717, 1.165) is 0 Å². The molecule has 1 heterocycles. The van der Waals surface area contributed by atoms with Crippen molar-refractivity contribution in [3.8, 4) is 0 Å². The molecule has 0 bridgehead atoms. The Morgan fingerprint density at radius 1 is 1.38 bits per heavy atom. The topological polar surface area (TPSA) is 44.0 Å². The van der Waals surface area contributed by atoms with E-state index in [1.165, 1.54) is 6.92 Å². The van der Waals surface area contributed by atoms with Gasteiger partial charge in [0.1, 0.15) is 5.78 Å². The van der Waals surface area contributed by atoms with Crippen molar-refractivity contribution >= 4 is 5.78 Å². The van der Waals surface area contributed by atoms with Crippen molar-refractivity contribution in [1.82, 2.24) is 9.13 Å². The lowest BCUT2D eigenvalue weighted by Crippen LogP contribution is -2.24. The number of nitrogens with zero attached hydrogens (tertiary/aromatic N) is 2. The zero-order valence-corrected chi connectivity index (χ0v) is 7.99. The summed E-state index contributed by atoms with van der Waals surface area (Å²) in [5.41, 5.74) is -0.0382. The molecule has 0 saturated heterocycles. The Morgan fingerprint density at radius 3 is 2.46 bits per heavy atom. The molecule has 1 rings (SSSR count). The Bertz CT molecular complexity index is 349. The summed E-state index contributed by atoms with van der Waals surface area (Å²) in [6, 6.07) is 0. The van der Waals surface area contributed by atoms with E-state index in [1.54, 1.807) is 21.5 Å². The zero-order valence-electron chi connectivity index (χ0n) is 7.99. The first-order valence-electron chi connectivity index (χ1n) is 4.40. The van der Waals surface area contributed by atoms with Gasteiger partial charge in [-0.25, -0.2) is 4.79 Å². The largest absolute Gasteiger partial charge is 0.328 e. The Labute approximate surface area is 76.8 Å². The molecule has 4 heteroatoms. The minimum atomic E-state index is -0.0382. The standard InChI is InChI=1S/C9H14N2O2/c1-3-10-6-7-11(9(10)13)5-4-8(2)12/h6-7H,3-5H2,1-2H3. The highest BCUT2D eigenvalue weighted by Gasteiger charge is 2.01. The minimum Gasteiger partial charge on any atom is -0.300 e. The number of hydrogen-bond donors (Lipinski definition) is 0. The molecule has 0 spiro atoms. The Morgan fingerprint density at radius 2 is 2.00 bits per heavy atom. The molecule has 0 N–H and O–H groups in total. The van der Waals surface area contributed by atoms with E-state index in [-0.39, 0.29) is 11.5 Å². The number of Topliss-reactive ketones (excluding diaryl/α,β-unsaturated/α-hetero) is 1. The molecule has 13 heavy (non-hydrogen) atoms. The number of imidazole rings is 1. The first kappa shape index (κ1) is 9.77. The molecule has 0 amide bonds. The maximum Gasteiger partial charge on any atom is 0.328 e. The van der Waals surface area contributed by atoms with Crippen LogP contribution in [0.25, 0.3) is 0 Å². The molecule has 0 aromatic carbocycles. The third kappa shape index (κ3) is 2.31. The third-order valence-corrected chi connectivity index (χ3v) is 1.96. The highest BCUT2D eigenvalue weighted by molar-refractivity contribution is 5.75. The third-order valence-electron chi connectivity index (χ3n) is 1.96. The minimum absolute atomic E-state index is 0.0382. The van der Waals surface area contributed by atoms with E-state index in [2.05, 4.69) is 0 Å². The fourth-order valence-corrected chi connectivity index (χ4v) is 1.14. The number of rotatable bonds is 4. The van der Waals surface area contributed by atoms with Crippen LogP contribution in [0.2, 0.25) is 0 Å². The van der Waals surface area contributed by atoms with Crippen LogP contribution in [0.15, 0.2) is 17.2 Å². The van der Waals surface area contributed by atoms with Gasteiger partial charge in [0.15, 0.2) is 0 Å². The van der Waals surface area contributed by atoms with Crippen LogP contribution in [-0.4, -0.2) is 14.9 Å². The predicted octanol–water partition coefficient (Wildman–Crippen LogP) is 0.649. The summed E-state index contributed by atoms with van der Waals surface area (Å²) in [5, 5.41) is 0. The van der Waals surface area contributed by atoms with Crippen molar-refractivity contribution in [1.29, 1.82) is 0 Å². The van der Waals surface area contributed by atoms with Crippen molar-refractivity contribution < 1.29 is 4.79 Å². The quantitative estimate of drug-likeness (QED) is 0.686. The number of aryl methyl sites for hydroxylation is 2. The molecule has 0 fully saturated rings. The Kier molecular flexibility index (Phi) is 3.06. The molecule has 0 radical (unpaired) electrons. The van der Waals surface area contributed by atoms with Crippen LogP contribution < -0.4 is 5.69 Å². The summed E-state index contributed by atoms with van der Waals surface area (Å²) in [6.07, 6.45) is 3.88. The second kappa shape index (κ2) is 4.07. The number of aromatic nitrogens is 2. The first-order chi connectivity index (χ1) is 6.15. The van der Waals surface area contributed by atoms with Gasteiger partial charge < -0.3 is 0 Å². The first-order valence-corrected chi connectivity index (χ1v) is 4.40. The van der Waals surface area contributed by atoms with Crippen molar-refractivity contribution in [2.45, 2.75) is 33.4 Å². The van der Waals surface area contributed by atoms with Gasteiger partial charge in [-0.05, 0) is 13.8 Å². The highest BCUT2D eigenvalue weighted by Crippen LogP contribution is 1.89. The van der Waals surface area contributed by atoms with E-state index in [9.17, 15) is 9.59 Å². The van der Waals surface area contributed by atoms with Crippen molar-refractivity contribution in [2.24, 2.45) is 0 Å². The zero-order chi connectivity index (χ0) is 9.84. The molecule has 1 aromatic heterocycles. The second-order valence-electron chi connectivity index (χ2n) is 3.01. The average molecular weight is 182 g/mol. The molecule has 72 valence electrons. The van der Waals surface area contributed by atoms with Crippen molar-refractivity contribution in [3.05, 3.63) is 22.9 Å². The molecular weight excluding hydrogens is 168 g/mol. The monoisotopic (exact) mass is 182 g/mol. The average Bonchev–Trinajstić information content (AvgIpc) is 2.43. The van der Waals surface area contributed by atoms with E-state index < -0.39 is 0 Å². The summed E-state index contributed by atoms with van der Waals surface area (Å²) < 4.78 is 3.17. The van der Waals surface area contributed by atoms with E-state index in [4.69, 9.17) is 0 Å². The molecule has 0 saturated carbocycles. The number of carbonyl (C=O) groups is 1. The molecular formula is C9H14N2O2. The van der Waals surface area contributed by atoms with E-state index >= 15 is 0 Å². The summed E-state index contributed by atoms with van der Waals surface area (Å²) in [6.45, 7) is 4.60. The summed E-state index contributed by atoms with van der Waals surface area (Å²) in [7, 11) is 0. The summed E-state index contributed by atoms with van der Waals surface area (Å²) >= 11 is 0. The summed E-state index contributed by atoms with van der Waals surface area (Å²) in [5.74, 6) is 0.108. The highest BCUT2D eigenvalue weighted by atomic mass is 16.1. The van der Waals surface area contributed by atoms with Crippen LogP contribution in [0.4, 0.5) is 0 Å². The van der Waals surface area contributed by atoms with Gasteiger partial charge in [0.2, 0.25) is 0 Å². The molecule has 0 unspecified atom stereocenters. The molecule has 1 aromatic rings. The number of hydrogen-bond acceptors (Lipinski definition) is 2. The van der Waals surface area contributed by atoms with Gasteiger partial charge >= 0.3 is 5.69 Å². The second-order valence-corrected chi connectivity index (χ2v) is 3.01. The van der Waals surface area contributed by atoms with Gasteiger partial charge in [0, 0.05) is 31.9 Å². The maximum atomic E-state index is 11.4. The fraction of sp³-hybridized carbons (Fsp3) is 0.556. The molecule has 0 atom stereocenters. The van der Waals surface area contributed by atoms with Crippen LogP contribution in [-0.2, 0) is 17.9 Å². The van der Waals surface area contributed by atoms with E-state index in [1.807, 2.05) is 6.92 Å². The predicted molar refractivity (Wildman–Crippen MR) is 49.7 cm³/mol. The number of carbonyl (C=O) groups excluding carboxylic acids is 1. The van der Waals surface area contributed by atoms with Crippen molar-refractivity contribution in [3.63, 3.8) is 0 Å². The smallest absolute Gasteiger partial charge is 0.300 e. The van der Waals surface area contributed by atoms with E-state index in [0.29, 0.717) is 19.5 Å². The van der Waals surface area contributed by atoms with Gasteiger partial charge in [-0.3, -0.25) is 13.9 Å². The molecule has 0 aliphatic rings. The van der Waals surface area contributed by atoms with Gasteiger partial charge in [0.25, 0.3) is 0 Å². The van der Waals surface area contributed by atoms with Gasteiger partial charge in [-0.2, -0.15) is 0 Å². The lowest BCUT2D eigenvalue weighted by atomic mass is 10.3. The summed E-state index contributed by atoms with van der Waals surface area (Å²) in [4.78, 5) is 22.1. The lowest BCUT2D eigenvalue weighted by molar-refractivity contribution is -0.117. The maximum absolute atomic E-state index is 11.4. The van der Waals surface area contributed by atoms with Gasteiger partial charge in [-0.1, -0.05) is 0 Å². The fourth-order valence-electron chi connectivity index (χ4n) is 1.14. The molecule has 4 nitrogen and oxygen atoms in total. The van der Waals surface area contributed by atoms with Crippen LogP contribution in [0, 0.1) is 0 Å².